The van der Waals surface area contributed by atoms with Crippen LogP contribution in [0.1, 0.15) is 0 Å². The van der Waals surface area contributed by atoms with Gasteiger partial charge >= 0.3 is 0 Å². The maximum Gasteiger partial charge on any atom is -0.00201 e. The number of benzene rings is 9. The normalized spacial score (nSPS) is 11.5. The van der Waals surface area contributed by atoms with Crippen molar-refractivity contribution in [2.24, 2.45) is 0 Å². The van der Waals surface area contributed by atoms with Crippen LogP contribution in [0.15, 0.2) is 182 Å². The first-order valence-electron chi connectivity index (χ1n) is 15.9. The molecule has 0 amide bonds. The lowest BCUT2D eigenvalue weighted by molar-refractivity contribution is 1.61. The molecule has 0 aromatic heterocycles. The number of hydrogen-bond donors (Lipinski definition) is 0. The van der Waals surface area contributed by atoms with E-state index in [-0.39, 0.29) is 0 Å². The Morgan fingerprint density at radius 3 is 1.20 bits per heavy atom. The molecular weight excluding hydrogens is 553 g/mol. The van der Waals surface area contributed by atoms with Gasteiger partial charge < -0.3 is 0 Å². The zero-order valence-corrected chi connectivity index (χ0v) is 25.3. The van der Waals surface area contributed by atoms with Gasteiger partial charge in [0.15, 0.2) is 0 Å². The number of fused-ring (bicyclic) bond motifs is 5. The van der Waals surface area contributed by atoms with Crippen molar-refractivity contribution in [2.45, 2.75) is 0 Å². The zero-order chi connectivity index (χ0) is 30.5. The Kier molecular flexibility index (Phi) is 6.25. The molecule has 0 unspecified atom stereocenters. The van der Waals surface area contributed by atoms with E-state index in [0.29, 0.717) is 0 Å². The summed E-state index contributed by atoms with van der Waals surface area (Å²) < 4.78 is 0. The smallest absolute Gasteiger partial charge is 0.00201 e. The van der Waals surface area contributed by atoms with Gasteiger partial charge in [0.25, 0.3) is 0 Å². The van der Waals surface area contributed by atoms with E-state index in [2.05, 4.69) is 182 Å². The monoisotopic (exact) mass is 582 g/mol. The van der Waals surface area contributed by atoms with Crippen LogP contribution in [0.3, 0.4) is 0 Å². The van der Waals surface area contributed by atoms with Gasteiger partial charge in [0.2, 0.25) is 0 Å². The minimum absolute atomic E-state index is 1.22. The molecule has 9 rings (SSSR count). The van der Waals surface area contributed by atoms with E-state index in [1.807, 2.05) is 0 Å². The molecule has 0 aliphatic carbocycles. The molecule has 0 fully saturated rings. The summed E-state index contributed by atoms with van der Waals surface area (Å²) in [5, 5.41) is 10.2. The van der Waals surface area contributed by atoms with Crippen LogP contribution in [-0.2, 0) is 0 Å². The van der Waals surface area contributed by atoms with Gasteiger partial charge in [-0.1, -0.05) is 158 Å². The van der Waals surface area contributed by atoms with Crippen molar-refractivity contribution in [3.05, 3.63) is 182 Å². The van der Waals surface area contributed by atoms with Gasteiger partial charge in [0, 0.05) is 0 Å². The number of hydrogen-bond acceptors (Lipinski definition) is 0. The molecule has 0 spiro atoms. The highest BCUT2D eigenvalue weighted by Crippen LogP contribution is 2.45. The topological polar surface area (TPSA) is 0 Å². The first-order chi connectivity index (χ1) is 22.8. The first kappa shape index (κ1) is 26.4. The van der Waals surface area contributed by atoms with Crippen LogP contribution in [0.5, 0.6) is 0 Å². The van der Waals surface area contributed by atoms with Crippen LogP contribution < -0.4 is 0 Å². The van der Waals surface area contributed by atoms with Gasteiger partial charge in [-0.2, -0.15) is 0 Å². The summed E-state index contributed by atoms with van der Waals surface area (Å²) in [4.78, 5) is 0. The van der Waals surface area contributed by atoms with Crippen molar-refractivity contribution in [3.63, 3.8) is 0 Å². The Balaban J connectivity index is 1.18. The largest absolute Gasteiger partial charge is 0.0622 e. The molecule has 0 aliphatic rings. The SMILES string of the molecule is c1ccc(-c2c(-c3cccc(-c4ccc5cc(-c6ccc7ccccc7c6)ccc5c4)c3)c3ccccc3c3ccccc23)cc1. The van der Waals surface area contributed by atoms with Crippen molar-refractivity contribution in [2.75, 3.05) is 0 Å². The lowest BCUT2D eigenvalue weighted by Gasteiger charge is -2.19. The van der Waals surface area contributed by atoms with Crippen LogP contribution in [0, 0.1) is 0 Å². The van der Waals surface area contributed by atoms with E-state index in [0.717, 1.165) is 0 Å². The van der Waals surface area contributed by atoms with Crippen LogP contribution >= 0.6 is 0 Å². The lowest BCUT2D eigenvalue weighted by Crippen LogP contribution is -1.92. The minimum atomic E-state index is 1.22. The van der Waals surface area contributed by atoms with Crippen LogP contribution in [0.25, 0.3) is 87.6 Å². The molecule has 0 aliphatic heterocycles. The second-order valence-corrected chi connectivity index (χ2v) is 12.1. The third-order valence-electron chi connectivity index (χ3n) is 9.40. The van der Waals surface area contributed by atoms with Crippen LogP contribution in [0.4, 0.5) is 0 Å². The summed E-state index contributed by atoms with van der Waals surface area (Å²) in [6.07, 6.45) is 0. The van der Waals surface area contributed by atoms with Gasteiger partial charge in [-0.15, -0.1) is 0 Å². The van der Waals surface area contributed by atoms with Gasteiger partial charge in [0.05, 0.1) is 0 Å². The third-order valence-corrected chi connectivity index (χ3v) is 9.40. The molecule has 0 heterocycles. The molecule has 0 saturated carbocycles. The third kappa shape index (κ3) is 4.47. The van der Waals surface area contributed by atoms with E-state index < -0.39 is 0 Å². The average Bonchev–Trinajstić information content (AvgIpc) is 3.14. The maximum absolute atomic E-state index is 2.37. The highest BCUT2D eigenvalue weighted by Gasteiger charge is 2.17. The van der Waals surface area contributed by atoms with E-state index >= 15 is 0 Å². The molecule has 0 atom stereocenters. The van der Waals surface area contributed by atoms with Crippen LogP contribution in [-0.4, -0.2) is 0 Å². The molecule has 9 aromatic rings. The fourth-order valence-corrected chi connectivity index (χ4v) is 7.17. The summed E-state index contributed by atoms with van der Waals surface area (Å²) >= 11 is 0. The Morgan fingerprint density at radius 1 is 0.196 bits per heavy atom. The zero-order valence-electron chi connectivity index (χ0n) is 25.3. The molecule has 46 heavy (non-hydrogen) atoms. The van der Waals surface area contributed by atoms with Gasteiger partial charge in [-0.3, -0.25) is 0 Å². The molecule has 0 radical (unpaired) electrons. The molecule has 0 bridgehead atoms. The lowest BCUT2D eigenvalue weighted by atomic mass is 9.84. The van der Waals surface area contributed by atoms with Crippen LogP contribution in [0.2, 0.25) is 0 Å². The summed E-state index contributed by atoms with van der Waals surface area (Å²) in [5.74, 6) is 0. The summed E-state index contributed by atoms with van der Waals surface area (Å²) in [6.45, 7) is 0. The van der Waals surface area contributed by atoms with E-state index in [4.69, 9.17) is 0 Å². The minimum Gasteiger partial charge on any atom is -0.0622 e. The van der Waals surface area contributed by atoms with Crippen molar-refractivity contribution in [1.82, 2.24) is 0 Å². The molecule has 0 heteroatoms. The van der Waals surface area contributed by atoms with Gasteiger partial charge in [-0.25, -0.2) is 0 Å². The highest BCUT2D eigenvalue weighted by atomic mass is 14.2. The molecule has 0 nitrogen and oxygen atoms in total. The van der Waals surface area contributed by atoms with E-state index in [1.54, 1.807) is 0 Å². The van der Waals surface area contributed by atoms with E-state index in [1.165, 1.54) is 87.6 Å². The van der Waals surface area contributed by atoms with Gasteiger partial charge in [-0.05, 0) is 112 Å². The Morgan fingerprint density at radius 2 is 0.587 bits per heavy atom. The van der Waals surface area contributed by atoms with Crippen molar-refractivity contribution >= 4 is 43.1 Å². The summed E-state index contributed by atoms with van der Waals surface area (Å²) in [6, 6.07) is 66.6. The second-order valence-electron chi connectivity index (χ2n) is 12.1. The Labute approximate surface area is 268 Å². The fourth-order valence-electron chi connectivity index (χ4n) is 7.17. The Bertz CT molecular complexity index is 2570. The predicted octanol–water partition coefficient (Wildman–Crippen LogP) is 13.0. The van der Waals surface area contributed by atoms with Gasteiger partial charge in [0.1, 0.15) is 0 Å². The predicted molar refractivity (Wildman–Crippen MR) is 198 cm³/mol. The first-order valence-corrected chi connectivity index (χ1v) is 15.9. The second kappa shape index (κ2) is 10.9. The molecule has 0 saturated heterocycles. The van der Waals surface area contributed by atoms with Crippen molar-refractivity contribution < 1.29 is 0 Å². The van der Waals surface area contributed by atoms with E-state index in [9.17, 15) is 0 Å². The molecule has 9 aromatic carbocycles. The van der Waals surface area contributed by atoms with Crippen molar-refractivity contribution in [3.8, 4) is 44.5 Å². The van der Waals surface area contributed by atoms with Crippen molar-refractivity contribution in [1.29, 1.82) is 0 Å². The quantitative estimate of drug-likeness (QED) is 0.181. The number of rotatable bonds is 4. The summed E-state index contributed by atoms with van der Waals surface area (Å²) in [7, 11) is 0. The molecular formula is C46H30. The fraction of sp³-hybridized carbons (Fsp3) is 0. The molecule has 0 N–H and O–H groups in total. The summed E-state index contributed by atoms with van der Waals surface area (Å²) in [5.41, 5.74) is 9.95. The highest BCUT2D eigenvalue weighted by molar-refractivity contribution is 6.21. The standard InChI is InChI=1S/C46H30/c1-2-12-32(13-3-1)45-43-19-8-6-17-41(43)42-18-7-9-20-44(42)46(45)40-16-10-15-34(30-40)35-23-24-39-29-38(26-25-37(39)28-35)36-22-21-31-11-4-5-14-33(31)27-36/h1-30H. The maximum atomic E-state index is 2.37. The Hall–Kier alpha value is -5.98. The average molecular weight is 583 g/mol. The molecule has 214 valence electrons.